The number of nitrogens with one attached hydrogen (secondary N) is 1. The van der Waals surface area contributed by atoms with Gasteiger partial charge in [-0.25, -0.2) is 0 Å². The van der Waals surface area contributed by atoms with Gasteiger partial charge < -0.3 is 10.1 Å². The Bertz CT molecular complexity index is 436. The van der Waals surface area contributed by atoms with Gasteiger partial charge in [0, 0.05) is 22.6 Å². The van der Waals surface area contributed by atoms with Crippen molar-refractivity contribution in [1.82, 2.24) is 10.3 Å². The second-order valence-electron chi connectivity index (χ2n) is 3.83. The van der Waals surface area contributed by atoms with Gasteiger partial charge in [0.1, 0.15) is 0 Å². The molecule has 0 aliphatic carbocycles. The lowest BCUT2D eigenvalue weighted by Crippen LogP contribution is -2.39. The number of ether oxygens (including phenoxy) is 1. The first-order valence-corrected chi connectivity index (χ1v) is 6.44. The van der Waals surface area contributed by atoms with E-state index in [2.05, 4.69) is 39.5 Å². The van der Waals surface area contributed by atoms with E-state index in [9.17, 15) is 4.79 Å². The molecule has 1 aliphatic heterocycles. The normalized spacial score (nSPS) is 23.4. The molecule has 1 aromatic rings. The maximum absolute atomic E-state index is 12.0. The van der Waals surface area contributed by atoms with Crippen LogP contribution in [0.1, 0.15) is 16.8 Å². The molecule has 1 aliphatic rings. The summed E-state index contributed by atoms with van der Waals surface area (Å²) >= 11 is 2.13. The quantitative estimate of drug-likeness (QED) is 0.672. The van der Waals surface area contributed by atoms with Crippen LogP contribution in [-0.2, 0) is 4.74 Å². The zero-order valence-corrected chi connectivity index (χ0v) is 11.4. The zero-order chi connectivity index (χ0) is 12.3. The Morgan fingerprint density at radius 2 is 2.47 bits per heavy atom. The van der Waals surface area contributed by atoms with Crippen LogP contribution < -0.4 is 5.32 Å². The summed E-state index contributed by atoms with van der Waals surface area (Å²) in [4.78, 5) is 16.0. The molecule has 1 aromatic heterocycles. The summed E-state index contributed by atoms with van der Waals surface area (Å²) in [5, 5.41) is 2.94. The SMILES string of the molecule is C=C[C@@H]1OCC[C@H]1NC(=O)c1cncc(I)c1. The van der Waals surface area contributed by atoms with Crippen molar-refractivity contribution in [2.24, 2.45) is 0 Å². The third-order valence-corrected chi connectivity index (χ3v) is 3.24. The molecule has 2 heterocycles. The highest BCUT2D eigenvalue weighted by atomic mass is 127. The Balaban J connectivity index is 2.04. The Labute approximate surface area is 114 Å². The molecular weight excluding hydrogens is 331 g/mol. The van der Waals surface area contributed by atoms with Crippen LogP contribution in [-0.4, -0.2) is 29.6 Å². The summed E-state index contributed by atoms with van der Waals surface area (Å²) in [6, 6.07) is 1.82. The minimum Gasteiger partial charge on any atom is -0.372 e. The minimum atomic E-state index is -0.113. The van der Waals surface area contributed by atoms with E-state index in [-0.39, 0.29) is 18.1 Å². The molecule has 2 atom stereocenters. The number of hydrogen-bond donors (Lipinski definition) is 1. The lowest BCUT2D eigenvalue weighted by molar-refractivity contribution is 0.0900. The summed E-state index contributed by atoms with van der Waals surface area (Å²) in [7, 11) is 0. The largest absolute Gasteiger partial charge is 0.372 e. The van der Waals surface area contributed by atoms with Crippen LogP contribution in [0.5, 0.6) is 0 Å². The number of hydrogen-bond acceptors (Lipinski definition) is 3. The number of rotatable bonds is 3. The summed E-state index contributed by atoms with van der Waals surface area (Å²) in [5.41, 5.74) is 0.576. The topological polar surface area (TPSA) is 51.2 Å². The number of nitrogens with zero attached hydrogens (tertiary/aromatic N) is 1. The van der Waals surface area contributed by atoms with Gasteiger partial charge in [-0.2, -0.15) is 0 Å². The number of carbonyl (C=O) groups excluding carboxylic acids is 1. The van der Waals surface area contributed by atoms with E-state index in [0.717, 1.165) is 9.99 Å². The molecule has 17 heavy (non-hydrogen) atoms. The van der Waals surface area contributed by atoms with Crippen LogP contribution in [0.4, 0.5) is 0 Å². The van der Waals surface area contributed by atoms with Gasteiger partial charge in [0.05, 0.1) is 17.7 Å². The number of halogens is 1. The number of amides is 1. The predicted molar refractivity (Wildman–Crippen MR) is 72.8 cm³/mol. The monoisotopic (exact) mass is 344 g/mol. The van der Waals surface area contributed by atoms with Gasteiger partial charge in [-0.3, -0.25) is 9.78 Å². The molecule has 1 amide bonds. The van der Waals surface area contributed by atoms with E-state index in [1.54, 1.807) is 18.5 Å². The van der Waals surface area contributed by atoms with Crippen LogP contribution in [0.15, 0.2) is 31.1 Å². The van der Waals surface area contributed by atoms with Gasteiger partial charge in [-0.15, -0.1) is 6.58 Å². The highest BCUT2D eigenvalue weighted by Crippen LogP contribution is 2.15. The van der Waals surface area contributed by atoms with Gasteiger partial charge in [0.15, 0.2) is 0 Å². The third-order valence-electron chi connectivity index (χ3n) is 2.65. The molecule has 0 aromatic carbocycles. The van der Waals surface area contributed by atoms with Gasteiger partial charge in [-0.1, -0.05) is 6.08 Å². The van der Waals surface area contributed by atoms with Gasteiger partial charge >= 0.3 is 0 Å². The van der Waals surface area contributed by atoms with E-state index in [1.807, 2.05) is 6.07 Å². The molecule has 4 nitrogen and oxygen atoms in total. The van der Waals surface area contributed by atoms with E-state index in [4.69, 9.17) is 4.74 Å². The Morgan fingerprint density at radius 3 is 3.18 bits per heavy atom. The average molecular weight is 344 g/mol. The van der Waals surface area contributed by atoms with Crippen molar-refractivity contribution >= 4 is 28.5 Å². The van der Waals surface area contributed by atoms with E-state index < -0.39 is 0 Å². The molecule has 2 rings (SSSR count). The number of pyridine rings is 1. The van der Waals surface area contributed by atoms with Crippen LogP contribution >= 0.6 is 22.6 Å². The van der Waals surface area contributed by atoms with Crippen molar-refractivity contribution in [2.75, 3.05) is 6.61 Å². The van der Waals surface area contributed by atoms with Gasteiger partial charge in [0.25, 0.3) is 5.91 Å². The lowest BCUT2D eigenvalue weighted by Gasteiger charge is -2.16. The molecule has 1 fully saturated rings. The van der Waals surface area contributed by atoms with Crippen LogP contribution in [0.3, 0.4) is 0 Å². The van der Waals surface area contributed by atoms with Crippen molar-refractivity contribution < 1.29 is 9.53 Å². The highest BCUT2D eigenvalue weighted by molar-refractivity contribution is 14.1. The lowest BCUT2D eigenvalue weighted by atomic mass is 10.1. The van der Waals surface area contributed by atoms with Crippen molar-refractivity contribution in [3.05, 3.63) is 40.2 Å². The van der Waals surface area contributed by atoms with Crippen LogP contribution in [0.2, 0.25) is 0 Å². The molecule has 0 spiro atoms. The molecule has 0 bridgehead atoms. The van der Waals surface area contributed by atoms with Crippen LogP contribution in [0.25, 0.3) is 0 Å². The summed E-state index contributed by atoms with van der Waals surface area (Å²) in [5.74, 6) is -0.113. The fraction of sp³-hybridized carbons (Fsp3) is 0.333. The molecule has 0 radical (unpaired) electrons. The fourth-order valence-corrected chi connectivity index (χ4v) is 2.28. The van der Waals surface area contributed by atoms with Gasteiger partial charge in [-0.05, 0) is 35.1 Å². The van der Waals surface area contributed by atoms with Crippen molar-refractivity contribution in [2.45, 2.75) is 18.6 Å². The maximum Gasteiger partial charge on any atom is 0.253 e. The molecule has 1 N–H and O–H groups in total. The number of carbonyl (C=O) groups is 1. The first-order chi connectivity index (χ1) is 8.20. The van der Waals surface area contributed by atoms with Gasteiger partial charge in [0.2, 0.25) is 0 Å². The maximum atomic E-state index is 12.0. The summed E-state index contributed by atoms with van der Waals surface area (Å²) in [6.07, 6.45) is 5.73. The first-order valence-electron chi connectivity index (χ1n) is 5.36. The molecule has 0 saturated carbocycles. The fourth-order valence-electron chi connectivity index (χ4n) is 1.79. The third kappa shape index (κ3) is 3.04. The van der Waals surface area contributed by atoms with Crippen molar-refractivity contribution in [3.8, 4) is 0 Å². The van der Waals surface area contributed by atoms with E-state index in [0.29, 0.717) is 12.2 Å². The Morgan fingerprint density at radius 1 is 1.65 bits per heavy atom. The van der Waals surface area contributed by atoms with Crippen molar-refractivity contribution in [3.63, 3.8) is 0 Å². The summed E-state index contributed by atoms with van der Waals surface area (Å²) < 4.78 is 6.37. The molecule has 0 unspecified atom stereocenters. The highest BCUT2D eigenvalue weighted by Gasteiger charge is 2.27. The summed E-state index contributed by atoms with van der Waals surface area (Å²) in [6.45, 7) is 4.36. The predicted octanol–water partition coefficient (Wildman–Crippen LogP) is 1.76. The standard InChI is InChI=1S/C12H13IN2O2/c1-2-11-10(3-4-17-11)15-12(16)8-5-9(13)7-14-6-8/h2,5-7,10-11H,1,3-4H2,(H,15,16)/t10-,11+/m1/s1. The minimum absolute atomic E-state index is 0.0119. The molecule has 5 heteroatoms. The smallest absolute Gasteiger partial charge is 0.253 e. The zero-order valence-electron chi connectivity index (χ0n) is 9.23. The second-order valence-corrected chi connectivity index (χ2v) is 5.08. The Kier molecular flexibility index (Phi) is 4.11. The number of aromatic nitrogens is 1. The van der Waals surface area contributed by atoms with Crippen LogP contribution in [0, 0.1) is 3.57 Å². The molecule has 1 saturated heterocycles. The van der Waals surface area contributed by atoms with Crippen molar-refractivity contribution in [1.29, 1.82) is 0 Å². The van der Waals surface area contributed by atoms with E-state index >= 15 is 0 Å². The first kappa shape index (κ1) is 12.5. The molecular formula is C12H13IN2O2. The average Bonchev–Trinajstić information content (AvgIpc) is 2.76. The second kappa shape index (κ2) is 5.59. The molecule has 90 valence electrons. The Hall–Kier alpha value is -0.950. The van der Waals surface area contributed by atoms with E-state index in [1.165, 1.54) is 0 Å².